The molecule has 5 heteroatoms. The van der Waals surface area contributed by atoms with Gasteiger partial charge in [0.15, 0.2) is 0 Å². The first-order chi connectivity index (χ1) is 9.08. The predicted molar refractivity (Wildman–Crippen MR) is 82.4 cm³/mol. The monoisotopic (exact) mass is 402 g/mol. The molecular weight excluding hydrogens is 395 g/mol. The van der Waals surface area contributed by atoms with E-state index in [0.29, 0.717) is 10.6 Å². The van der Waals surface area contributed by atoms with Crippen LogP contribution in [0, 0.1) is 0 Å². The third-order valence-electron chi connectivity index (χ3n) is 2.46. The van der Waals surface area contributed by atoms with Crippen molar-refractivity contribution in [2.75, 3.05) is 0 Å². The predicted octanol–water partition coefficient (Wildman–Crippen LogP) is 5.22. The van der Waals surface area contributed by atoms with Crippen LogP contribution in [-0.4, -0.2) is 5.97 Å². The molecule has 0 N–H and O–H groups in total. The summed E-state index contributed by atoms with van der Waals surface area (Å²) in [6.07, 6.45) is 0. The Morgan fingerprint density at radius 2 is 1.89 bits per heavy atom. The van der Waals surface area contributed by atoms with Gasteiger partial charge in [-0.05, 0) is 24.3 Å². The highest BCUT2D eigenvalue weighted by Gasteiger charge is 2.13. The fourth-order valence-corrected chi connectivity index (χ4v) is 2.45. The van der Waals surface area contributed by atoms with E-state index >= 15 is 0 Å². The van der Waals surface area contributed by atoms with E-state index in [1.54, 1.807) is 18.2 Å². The second kappa shape index (κ2) is 6.55. The molecule has 0 aliphatic carbocycles. The molecule has 0 atom stereocenters. The lowest BCUT2D eigenvalue weighted by Gasteiger charge is -2.08. The first-order valence-electron chi connectivity index (χ1n) is 5.43. The molecule has 0 bridgehead atoms. The molecule has 2 aromatic carbocycles. The quantitative estimate of drug-likeness (QED) is 0.656. The van der Waals surface area contributed by atoms with Crippen LogP contribution in [0.1, 0.15) is 15.9 Å². The lowest BCUT2D eigenvalue weighted by atomic mass is 10.2. The molecule has 0 aliphatic heterocycles. The van der Waals surface area contributed by atoms with Gasteiger partial charge in [-0.2, -0.15) is 0 Å². The molecule has 0 heterocycles. The lowest BCUT2D eigenvalue weighted by Crippen LogP contribution is -2.06. The Kier molecular flexibility index (Phi) is 5.02. The Hall–Kier alpha value is -0.840. The summed E-state index contributed by atoms with van der Waals surface area (Å²) < 4.78 is 6.94. The molecule has 2 nitrogen and oxygen atoms in total. The summed E-state index contributed by atoms with van der Waals surface area (Å²) in [7, 11) is 0. The highest BCUT2D eigenvalue weighted by atomic mass is 79.9. The number of carbonyl (C=O) groups is 1. The molecule has 0 fully saturated rings. The Bertz CT molecular complexity index is 614. The van der Waals surface area contributed by atoms with E-state index in [1.165, 1.54) is 0 Å². The van der Waals surface area contributed by atoms with E-state index in [-0.39, 0.29) is 6.61 Å². The van der Waals surface area contributed by atoms with Crippen molar-refractivity contribution in [2.24, 2.45) is 0 Å². The number of esters is 1. The van der Waals surface area contributed by atoms with Gasteiger partial charge in [0.25, 0.3) is 0 Å². The van der Waals surface area contributed by atoms with Crippen LogP contribution < -0.4 is 0 Å². The van der Waals surface area contributed by atoms with Crippen LogP contribution in [0.3, 0.4) is 0 Å². The van der Waals surface area contributed by atoms with E-state index < -0.39 is 5.97 Å². The van der Waals surface area contributed by atoms with Crippen molar-refractivity contribution in [3.05, 3.63) is 67.6 Å². The standard InChI is InChI=1S/C14H9Br2ClO2/c15-10-5-6-13(17)11(7-10)14(18)19-8-9-3-1-2-4-12(9)16/h1-7H,8H2. The summed E-state index contributed by atoms with van der Waals surface area (Å²) in [5, 5.41) is 0.375. The maximum atomic E-state index is 12.0. The summed E-state index contributed by atoms with van der Waals surface area (Å²) in [4.78, 5) is 12.0. The molecule has 2 rings (SSSR count). The van der Waals surface area contributed by atoms with E-state index in [1.807, 2.05) is 24.3 Å². The second-order valence-electron chi connectivity index (χ2n) is 3.79. The fraction of sp³-hybridized carbons (Fsp3) is 0.0714. The minimum atomic E-state index is -0.443. The molecular formula is C14H9Br2ClO2. The van der Waals surface area contributed by atoms with Gasteiger partial charge in [-0.3, -0.25) is 0 Å². The highest BCUT2D eigenvalue weighted by molar-refractivity contribution is 9.10. The van der Waals surface area contributed by atoms with E-state index in [0.717, 1.165) is 14.5 Å². The SMILES string of the molecule is O=C(OCc1ccccc1Br)c1cc(Br)ccc1Cl. The number of ether oxygens (including phenoxy) is 1. The number of carbonyl (C=O) groups excluding carboxylic acids is 1. The topological polar surface area (TPSA) is 26.3 Å². The van der Waals surface area contributed by atoms with Crippen molar-refractivity contribution in [1.82, 2.24) is 0 Å². The van der Waals surface area contributed by atoms with Crippen LogP contribution in [-0.2, 0) is 11.3 Å². The first kappa shape index (κ1) is 14.6. The third kappa shape index (κ3) is 3.81. The highest BCUT2D eigenvalue weighted by Crippen LogP contribution is 2.23. The number of rotatable bonds is 3. The van der Waals surface area contributed by atoms with Gasteiger partial charge in [0, 0.05) is 14.5 Å². The average Bonchev–Trinajstić information content (AvgIpc) is 2.40. The van der Waals surface area contributed by atoms with Gasteiger partial charge in [-0.25, -0.2) is 4.79 Å². The zero-order valence-electron chi connectivity index (χ0n) is 9.70. The Balaban J connectivity index is 2.10. The van der Waals surface area contributed by atoms with Crippen molar-refractivity contribution < 1.29 is 9.53 Å². The van der Waals surface area contributed by atoms with Gasteiger partial charge >= 0.3 is 5.97 Å². The molecule has 0 unspecified atom stereocenters. The molecule has 19 heavy (non-hydrogen) atoms. The van der Waals surface area contributed by atoms with E-state index in [2.05, 4.69) is 31.9 Å². The van der Waals surface area contributed by atoms with E-state index in [9.17, 15) is 4.79 Å². The molecule has 0 aromatic heterocycles. The molecule has 98 valence electrons. The molecule has 0 spiro atoms. The van der Waals surface area contributed by atoms with Crippen LogP contribution in [0.25, 0.3) is 0 Å². The Morgan fingerprint density at radius 1 is 1.16 bits per heavy atom. The minimum absolute atomic E-state index is 0.198. The number of hydrogen-bond acceptors (Lipinski definition) is 2. The van der Waals surface area contributed by atoms with Crippen molar-refractivity contribution >= 4 is 49.4 Å². The van der Waals surface area contributed by atoms with Crippen LogP contribution in [0.2, 0.25) is 5.02 Å². The zero-order valence-corrected chi connectivity index (χ0v) is 13.6. The van der Waals surface area contributed by atoms with Crippen molar-refractivity contribution in [1.29, 1.82) is 0 Å². The lowest BCUT2D eigenvalue weighted by molar-refractivity contribution is 0.0472. The molecule has 0 amide bonds. The van der Waals surface area contributed by atoms with E-state index in [4.69, 9.17) is 16.3 Å². The van der Waals surface area contributed by atoms with Gasteiger partial charge in [0.05, 0.1) is 10.6 Å². The Labute approximate surface area is 133 Å². The number of benzene rings is 2. The van der Waals surface area contributed by atoms with Crippen LogP contribution in [0.15, 0.2) is 51.4 Å². The molecule has 0 aliphatic rings. The summed E-state index contributed by atoms with van der Waals surface area (Å²) in [5.41, 5.74) is 1.25. The first-order valence-corrected chi connectivity index (χ1v) is 7.40. The van der Waals surface area contributed by atoms with Crippen molar-refractivity contribution in [3.63, 3.8) is 0 Å². The minimum Gasteiger partial charge on any atom is -0.457 e. The summed E-state index contributed by atoms with van der Waals surface area (Å²) >= 11 is 12.7. The summed E-state index contributed by atoms with van der Waals surface area (Å²) in [6.45, 7) is 0.198. The molecule has 0 saturated heterocycles. The number of hydrogen-bond donors (Lipinski definition) is 0. The maximum Gasteiger partial charge on any atom is 0.340 e. The summed E-state index contributed by atoms with van der Waals surface area (Å²) in [6, 6.07) is 12.6. The third-order valence-corrected chi connectivity index (χ3v) is 4.06. The van der Waals surface area contributed by atoms with Gasteiger partial charge in [-0.1, -0.05) is 61.7 Å². The van der Waals surface area contributed by atoms with Crippen LogP contribution in [0.4, 0.5) is 0 Å². The second-order valence-corrected chi connectivity index (χ2v) is 5.97. The van der Waals surface area contributed by atoms with Crippen molar-refractivity contribution in [3.8, 4) is 0 Å². The smallest absolute Gasteiger partial charge is 0.340 e. The molecule has 0 saturated carbocycles. The Morgan fingerprint density at radius 3 is 2.63 bits per heavy atom. The van der Waals surface area contributed by atoms with Gasteiger partial charge in [0.2, 0.25) is 0 Å². The number of halogens is 3. The molecule has 0 radical (unpaired) electrons. The largest absolute Gasteiger partial charge is 0.457 e. The van der Waals surface area contributed by atoms with Gasteiger partial charge in [-0.15, -0.1) is 0 Å². The normalized spacial score (nSPS) is 10.3. The van der Waals surface area contributed by atoms with Gasteiger partial charge in [0.1, 0.15) is 6.61 Å². The average molecular weight is 404 g/mol. The van der Waals surface area contributed by atoms with Crippen LogP contribution in [0.5, 0.6) is 0 Å². The van der Waals surface area contributed by atoms with Crippen molar-refractivity contribution in [2.45, 2.75) is 6.61 Å². The van der Waals surface area contributed by atoms with Gasteiger partial charge < -0.3 is 4.74 Å². The summed E-state index contributed by atoms with van der Waals surface area (Å²) in [5.74, 6) is -0.443. The zero-order chi connectivity index (χ0) is 13.8. The van der Waals surface area contributed by atoms with Crippen LogP contribution >= 0.6 is 43.5 Å². The molecule has 2 aromatic rings. The fourth-order valence-electron chi connectivity index (χ4n) is 1.49. The maximum absolute atomic E-state index is 12.0.